The summed E-state index contributed by atoms with van der Waals surface area (Å²) >= 11 is 6.00. The van der Waals surface area contributed by atoms with Crippen molar-refractivity contribution in [3.8, 4) is 5.75 Å². The number of amides is 2. The van der Waals surface area contributed by atoms with Gasteiger partial charge in [0.25, 0.3) is 0 Å². The van der Waals surface area contributed by atoms with Gasteiger partial charge in [-0.1, -0.05) is 29.8 Å². The smallest absolute Gasteiger partial charge is 0.319 e. The second-order valence-electron chi connectivity index (χ2n) is 4.36. The van der Waals surface area contributed by atoms with Gasteiger partial charge in [0.15, 0.2) is 0 Å². The molecule has 21 heavy (non-hydrogen) atoms. The Bertz CT molecular complexity index is 647. The van der Waals surface area contributed by atoms with Crippen LogP contribution in [0, 0.1) is 0 Å². The number of hydrogen-bond donors (Lipinski definition) is 3. The monoisotopic (exact) mass is 305 g/mol. The van der Waals surface area contributed by atoms with Crippen molar-refractivity contribution < 1.29 is 9.53 Å². The Morgan fingerprint density at radius 1 is 1.29 bits per heavy atom. The van der Waals surface area contributed by atoms with Crippen molar-refractivity contribution in [2.24, 2.45) is 0 Å². The number of benzene rings is 2. The van der Waals surface area contributed by atoms with Gasteiger partial charge < -0.3 is 21.1 Å². The molecule has 0 heterocycles. The molecule has 2 aromatic carbocycles. The number of urea groups is 1. The van der Waals surface area contributed by atoms with Crippen LogP contribution in [0.4, 0.5) is 16.2 Å². The lowest BCUT2D eigenvalue weighted by Gasteiger charge is -2.11. The van der Waals surface area contributed by atoms with E-state index in [-0.39, 0.29) is 6.03 Å². The summed E-state index contributed by atoms with van der Waals surface area (Å²) in [5.41, 5.74) is 7.53. The van der Waals surface area contributed by atoms with Crippen LogP contribution in [0.1, 0.15) is 5.56 Å². The lowest BCUT2D eigenvalue weighted by atomic mass is 10.2. The number of nitrogens with two attached hydrogens (primary N) is 1. The van der Waals surface area contributed by atoms with Gasteiger partial charge in [0.2, 0.25) is 0 Å². The van der Waals surface area contributed by atoms with E-state index in [0.29, 0.717) is 22.9 Å². The summed E-state index contributed by atoms with van der Waals surface area (Å²) in [4.78, 5) is 11.9. The zero-order valence-corrected chi connectivity index (χ0v) is 12.3. The highest BCUT2D eigenvalue weighted by atomic mass is 35.5. The lowest BCUT2D eigenvalue weighted by Crippen LogP contribution is -2.28. The first-order valence-corrected chi connectivity index (χ1v) is 6.69. The van der Waals surface area contributed by atoms with E-state index >= 15 is 0 Å². The normalized spacial score (nSPS) is 10.0. The van der Waals surface area contributed by atoms with Gasteiger partial charge >= 0.3 is 6.03 Å². The fourth-order valence-corrected chi connectivity index (χ4v) is 2.06. The number of anilines is 2. The third-order valence-electron chi connectivity index (χ3n) is 2.87. The molecule has 0 aliphatic heterocycles. The van der Waals surface area contributed by atoms with Crippen molar-refractivity contribution in [2.45, 2.75) is 6.54 Å². The average Bonchev–Trinajstić information content (AvgIpc) is 2.48. The van der Waals surface area contributed by atoms with Gasteiger partial charge in [-0.05, 0) is 24.3 Å². The Labute approximate surface area is 128 Å². The highest BCUT2D eigenvalue weighted by Crippen LogP contribution is 2.24. The van der Waals surface area contributed by atoms with Gasteiger partial charge in [0, 0.05) is 17.8 Å². The first-order chi connectivity index (χ1) is 10.1. The second-order valence-corrected chi connectivity index (χ2v) is 4.77. The Balaban J connectivity index is 1.96. The molecule has 0 bridgehead atoms. The summed E-state index contributed by atoms with van der Waals surface area (Å²) in [5, 5.41) is 5.80. The molecule has 6 heteroatoms. The van der Waals surface area contributed by atoms with Crippen molar-refractivity contribution in [1.29, 1.82) is 0 Å². The van der Waals surface area contributed by atoms with Crippen LogP contribution in [0.25, 0.3) is 0 Å². The Morgan fingerprint density at radius 3 is 2.76 bits per heavy atom. The Kier molecular flexibility index (Phi) is 4.90. The SMILES string of the molecule is COc1ccccc1CNC(=O)Nc1ccc(N)cc1Cl. The van der Waals surface area contributed by atoms with Crippen molar-refractivity contribution in [3.05, 3.63) is 53.1 Å². The van der Waals surface area contributed by atoms with Gasteiger partial charge in [-0.15, -0.1) is 0 Å². The molecule has 110 valence electrons. The third kappa shape index (κ3) is 4.03. The predicted molar refractivity (Wildman–Crippen MR) is 84.7 cm³/mol. The summed E-state index contributed by atoms with van der Waals surface area (Å²) in [6.45, 7) is 0.350. The van der Waals surface area contributed by atoms with Crippen molar-refractivity contribution >= 4 is 29.0 Å². The number of para-hydroxylation sites is 1. The van der Waals surface area contributed by atoms with Gasteiger partial charge in [0.1, 0.15) is 5.75 Å². The largest absolute Gasteiger partial charge is 0.496 e. The second kappa shape index (κ2) is 6.85. The minimum Gasteiger partial charge on any atom is -0.496 e. The molecule has 0 aromatic heterocycles. The summed E-state index contributed by atoms with van der Waals surface area (Å²) in [7, 11) is 1.59. The molecule has 0 unspecified atom stereocenters. The van der Waals surface area contributed by atoms with Crippen LogP contribution in [0.5, 0.6) is 5.75 Å². The van der Waals surface area contributed by atoms with E-state index in [0.717, 1.165) is 11.3 Å². The van der Waals surface area contributed by atoms with E-state index in [4.69, 9.17) is 22.1 Å². The van der Waals surface area contributed by atoms with Crippen molar-refractivity contribution in [3.63, 3.8) is 0 Å². The molecule has 2 amide bonds. The van der Waals surface area contributed by atoms with E-state index < -0.39 is 0 Å². The maximum absolute atomic E-state index is 11.9. The molecule has 0 atom stereocenters. The lowest BCUT2D eigenvalue weighted by molar-refractivity contribution is 0.251. The quantitative estimate of drug-likeness (QED) is 0.759. The molecular weight excluding hydrogens is 290 g/mol. The first-order valence-electron chi connectivity index (χ1n) is 6.32. The van der Waals surface area contributed by atoms with E-state index in [9.17, 15) is 4.79 Å². The number of carbonyl (C=O) groups excluding carboxylic acids is 1. The van der Waals surface area contributed by atoms with Crippen LogP contribution in [0.2, 0.25) is 5.02 Å². The van der Waals surface area contributed by atoms with Crippen molar-refractivity contribution in [1.82, 2.24) is 5.32 Å². The van der Waals surface area contributed by atoms with E-state index in [1.54, 1.807) is 25.3 Å². The summed E-state index contributed by atoms with van der Waals surface area (Å²) in [5.74, 6) is 0.725. The van der Waals surface area contributed by atoms with Crippen LogP contribution < -0.4 is 21.1 Å². The van der Waals surface area contributed by atoms with Crippen LogP contribution in [-0.4, -0.2) is 13.1 Å². The van der Waals surface area contributed by atoms with Crippen LogP contribution in [0.3, 0.4) is 0 Å². The van der Waals surface area contributed by atoms with Crippen LogP contribution in [-0.2, 0) is 6.54 Å². The third-order valence-corrected chi connectivity index (χ3v) is 3.19. The minimum atomic E-state index is -0.354. The zero-order valence-electron chi connectivity index (χ0n) is 11.5. The molecule has 4 N–H and O–H groups in total. The van der Waals surface area contributed by atoms with Gasteiger partial charge in [-0.25, -0.2) is 4.79 Å². The number of ether oxygens (including phenoxy) is 1. The highest BCUT2D eigenvalue weighted by molar-refractivity contribution is 6.34. The number of methoxy groups -OCH3 is 1. The fourth-order valence-electron chi connectivity index (χ4n) is 1.82. The summed E-state index contributed by atoms with van der Waals surface area (Å²) in [6, 6.07) is 12.0. The molecule has 0 aliphatic rings. The predicted octanol–water partition coefficient (Wildman–Crippen LogP) is 3.25. The van der Waals surface area contributed by atoms with Gasteiger partial charge in [-0.3, -0.25) is 0 Å². The number of nitrogen functional groups attached to an aromatic ring is 1. The molecule has 0 saturated heterocycles. The Morgan fingerprint density at radius 2 is 2.05 bits per heavy atom. The van der Waals surface area contributed by atoms with E-state index in [1.165, 1.54) is 0 Å². The molecule has 2 rings (SSSR count). The minimum absolute atomic E-state index is 0.350. The average molecular weight is 306 g/mol. The number of carbonyl (C=O) groups is 1. The molecule has 0 saturated carbocycles. The van der Waals surface area contributed by atoms with Crippen molar-refractivity contribution in [2.75, 3.05) is 18.2 Å². The zero-order chi connectivity index (χ0) is 15.2. The molecular formula is C15H16ClN3O2. The Hall–Kier alpha value is -2.40. The fraction of sp³-hybridized carbons (Fsp3) is 0.133. The topological polar surface area (TPSA) is 76.4 Å². The summed E-state index contributed by atoms with van der Waals surface area (Å²) < 4.78 is 5.22. The standard InChI is InChI=1S/C15H16ClN3O2/c1-21-14-5-3-2-4-10(14)9-18-15(20)19-13-7-6-11(17)8-12(13)16/h2-8H,9,17H2,1H3,(H2,18,19,20). The van der Waals surface area contributed by atoms with Gasteiger partial charge in [-0.2, -0.15) is 0 Å². The molecule has 5 nitrogen and oxygen atoms in total. The number of nitrogens with one attached hydrogen (secondary N) is 2. The van der Waals surface area contributed by atoms with Crippen LogP contribution in [0.15, 0.2) is 42.5 Å². The molecule has 0 spiro atoms. The van der Waals surface area contributed by atoms with E-state index in [2.05, 4.69) is 10.6 Å². The van der Waals surface area contributed by atoms with Crippen LogP contribution >= 0.6 is 11.6 Å². The van der Waals surface area contributed by atoms with E-state index in [1.807, 2.05) is 24.3 Å². The molecule has 0 fully saturated rings. The summed E-state index contributed by atoms with van der Waals surface area (Å²) in [6.07, 6.45) is 0. The van der Waals surface area contributed by atoms with Gasteiger partial charge in [0.05, 0.1) is 17.8 Å². The molecule has 0 radical (unpaired) electrons. The maximum Gasteiger partial charge on any atom is 0.319 e. The maximum atomic E-state index is 11.9. The molecule has 2 aromatic rings. The first kappa shape index (κ1) is 15.0. The molecule has 0 aliphatic carbocycles. The number of halogens is 1. The number of rotatable bonds is 4. The highest BCUT2D eigenvalue weighted by Gasteiger charge is 2.07. The number of hydrogen-bond acceptors (Lipinski definition) is 3.